The molecule has 0 unspecified atom stereocenters. The molecule has 0 saturated carbocycles. The average molecular weight is 342 g/mol. The molecule has 0 radical (unpaired) electrons. The quantitative estimate of drug-likeness (QED) is 0.596. The van der Waals surface area contributed by atoms with Gasteiger partial charge in [-0.1, -0.05) is 0 Å². The number of hydrogen-bond acceptors (Lipinski definition) is 5. The highest BCUT2D eigenvalue weighted by molar-refractivity contribution is 7.08. The van der Waals surface area contributed by atoms with Gasteiger partial charge in [0.25, 0.3) is 0 Å². The fourth-order valence-corrected chi connectivity index (χ4v) is 3.37. The van der Waals surface area contributed by atoms with Crippen molar-refractivity contribution in [2.75, 3.05) is 0 Å². The van der Waals surface area contributed by atoms with Crippen LogP contribution in [0.15, 0.2) is 74.4 Å². The lowest BCUT2D eigenvalue weighted by Gasteiger charge is -2.06. The van der Waals surface area contributed by atoms with Gasteiger partial charge in [0.15, 0.2) is 0 Å². The molecular weight excluding hydrogens is 328 g/mol. The molecule has 0 N–H and O–H groups in total. The maximum absolute atomic E-state index is 11.2. The molecule has 3 nitrogen and oxygen atoms in total. The molecule has 0 aromatic carbocycles. The molecular formula is C18H14O3S2. The number of esters is 1. The zero-order chi connectivity index (χ0) is 16.1. The monoisotopic (exact) mass is 342 g/mol. The van der Waals surface area contributed by atoms with Crippen molar-refractivity contribution in [3.63, 3.8) is 0 Å². The highest BCUT2D eigenvalue weighted by Gasteiger charge is 2.18. The number of ether oxygens (including phenoxy) is 1. The van der Waals surface area contributed by atoms with Crippen molar-refractivity contribution in [1.82, 2.24) is 0 Å². The van der Waals surface area contributed by atoms with E-state index in [2.05, 4.69) is 10.8 Å². The lowest BCUT2D eigenvalue weighted by molar-refractivity contribution is -0.132. The number of furan rings is 1. The summed E-state index contributed by atoms with van der Waals surface area (Å²) in [6.07, 6.45) is 4.84. The second-order valence-corrected chi connectivity index (χ2v) is 6.30. The highest BCUT2D eigenvalue weighted by Crippen LogP contribution is 2.32. The Kier molecular flexibility index (Phi) is 4.90. The van der Waals surface area contributed by atoms with E-state index in [1.807, 2.05) is 41.9 Å². The van der Waals surface area contributed by atoms with Gasteiger partial charge in [0.1, 0.15) is 11.5 Å². The number of carbonyl (C=O) groups is 1. The Hall–Kier alpha value is -2.37. The number of aryl methyl sites for hydroxylation is 1. The summed E-state index contributed by atoms with van der Waals surface area (Å²) in [6.45, 7) is 1.92. The van der Waals surface area contributed by atoms with Crippen LogP contribution in [0.25, 0.3) is 5.57 Å². The van der Waals surface area contributed by atoms with Crippen LogP contribution in [0, 0.1) is 6.92 Å². The molecule has 116 valence electrons. The predicted molar refractivity (Wildman–Crippen MR) is 93.3 cm³/mol. The van der Waals surface area contributed by atoms with Crippen LogP contribution in [0.4, 0.5) is 0 Å². The van der Waals surface area contributed by atoms with Gasteiger partial charge < -0.3 is 9.15 Å². The van der Waals surface area contributed by atoms with Gasteiger partial charge in [0.2, 0.25) is 0 Å². The second-order valence-electron chi connectivity index (χ2n) is 4.74. The number of allylic oxidation sites excluding steroid dienone is 1. The van der Waals surface area contributed by atoms with Crippen molar-refractivity contribution in [3.05, 3.63) is 86.8 Å². The summed E-state index contributed by atoms with van der Waals surface area (Å²) >= 11 is 3.26. The number of rotatable bonds is 2. The third-order valence-electron chi connectivity index (χ3n) is 3.11. The summed E-state index contributed by atoms with van der Waals surface area (Å²) in [7, 11) is 0. The van der Waals surface area contributed by atoms with Crippen LogP contribution in [0.5, 0.6) is 0 Å². The van der Waals surface area contributed by atoms with Gasteiger partial charge in [0, 0.05) is 11.6 Å². The first-order valence-electron chi connectivity index (χ1n) is 6.93. The number of thiophene rings is 2. The van der Waals surface area contributed by atoms with Crippen molar-refractivity contribution in [3.8, 4) is 0 Å². The minimum atomic E-state index is -0.303. The predicted octanol–water partition coefficient (Wildman–Crippen LogP) is 5.27. The lowest BCUT2D eigenvalue weighted by atomic mass is 10.0. The van der Waals surface area contributed by atoms with Crippen LogP contribution in [0.3, 0.4) is 0 Å². The van der Waals surface area contributed by atoms with Crippen molar-refractivity contribution in [1.29, 1.82) is 0 Å². The van der Waals surface area contributed by atoms with Crippen LogP contribution < -0.4 is 0 Å². The summed E-state index contributed by atoms with van der Waals surface area (Å²) < 4.78 is 10.0. The first-order chi connectivity index (χ1) is 11.2. The molecule has 4 rings (SSSR count). The van der Waals surface area contributed by atoms with Gasteiger partial charge in [-0.15, -0.1) is 0 Å². The summed E-state index contributed by atoms with van der Waals surface area (Å²) in [6, 6.07) is 7.85. The molecule has 23 heavy (non-hydrogen) atoms. The van der Waals surface area contributed by atoms with E-state index in [9.17, 15) is 4.79 Å². The molecule has 0 saturated heterocycles. The smallest absolute Gasteiger partial charge is 0.336 e. The highest BCUT2D eigenvalue weighted by atomic mass is 32.1. The standard InChI is InChI=1S/C13H8O2S2.C5H6O/c14-12-2-1-11(15-12)13(9-3-5-16-7-9)10-4-6-17-8-10;1-5-3-2-4-6-5/h1-8H;2-4H,1H3. The Labute approximate surface area is 142 Å². The summed E-state index contributed by atoms with van der Waals surface area (Å²) in [5.74, 6) is 1.30. The van der Waals surface area contributed by atoms with Crippen LogP contribution in [-0.4, -0.2) is 5.97 Å². The van der Waals surface area contributed by atoms with Crippen LogP contribution >= 0.6 is 22.7 Å². The van der Waals surface area contributed by atoms with Gasteiger partial charge in [-0.3, -0.25) is 0 Å². The van der Waals surface area contributed by atoms with Gasteiger partial charge >= 0.3 is 5.97 Å². The molecule has 3 aromatic heterocycles. The van der Waals surface area contributed by atoms with Crippen molar-refractivity contribution in [2.45, 2.75) is 6.92 Å². The fraction of sp³-hybridized carbons (Fsp3) is 0.0556. The molecule has 1 aliphatic rings. The number of hydrogen-bond donors (Lipinski definition) is 0. The topological polar surface area (TPSA) is 39.4 Å². The minimum absolute atomic E-state index is 0.303. The van der Waals surface area contributed by atoms with E-state index in [1.54, 1.807) is 35.0 Å². The molecule has 0 bridgehead atoms. The van der Waals surface area contributed by atoms with Gasteiger partial charge in [-0.05, 0) is 69.9 Å². The van der Waals surface area contributed by atoms with E-state index in [0.29, 0.717) is 5.76 Å². The van der Waals surface area contributed by atoms with Crippen molar-refractivity contribution >= 4 is 34.2 Å². The largest absolute Gasteiger partial charge is 0.470 e. The molecule has 3 aromatic rings. The minimum Gasteiger partial charge on any atom is -0.470 e. The fourth-order valence-electron chi connectivity index (χ4n) is 2.08. The Morgan fingerprint density at radius 3 is 2.04 bits per heavy atom. The number of carbonyl (C=O) groups excluding carboxylic acids is 1. The average Bonchev–Trinajstić information content (AvgIpc) is 3.29. The number of cyclic esters (lactones) is 1. The molecule has 0 atom stereocenters. The van der Waals surface area contributed by atoms with Crippen LogP contribution in [-0.2, 0) is 9.53 Å². The molecule has 5 heteroatoms. The summed E-state index contributed by atoms with van der Waals surface area (Å²) in [4.78, 5) is 11.2. The van der Waals surface area contributed by atoms with Gasteiger partial charge in [-0.2, -0.15) is 22.7 Å². The third-order valence-corrected chi connectivity index (χ3v) is 4.48. The van der Waals surface area contributed by atoms with Crippen LogP contribution in [0.2, 0.25) is 0 Å². The van der Waals surface area contributed by atoms with Gasteiger partial charge in [0.05, 0.1) is 6.26 Å². The summed E-state index contributed by atoms with van der Waals surface area (Å²) in [5, 5.41) is 8.14. The van der Waals surface area contributed by atoms with E-state index < -0.39 is 0 Å². The van der Waals surface area contributed by atoms with E-state index >= 15 is 0 Å². The Morgan fingerprint density at radius 1 is 1.00 bits per heavy atom. The van der Waals surface area contributed by atoms with E-state index in [-0.39, 0.29) is 5.97 Å². The Balaban J connectivity index is 0.000000220. The molecule has 0 aliphatic carbocycles. The van der Waals surface area contributed by atoms with Crippen molar-refractivity contribution in [2.24, 2.45) is 0 Å². The SMILES string of the molecule is Cc1ccco1.O=C1C=CC(=C(c2ccsc2)c2ccsc2)O1. The maximum atomic E-state index is 11.2. The van der Waals surface area contributed by atoms with Crippen LogP contribution in [0.1, 0.15) is 16.9 Å². The van der Waals surface area contributed by atoms with Crippen molar-refractivity contribution < 1.29 is 13.9 Å². The van der Waals surface area contributed by atoms with E-state index in [4.69, 9.17) is 9.15 Å². The first kappa shape index (κ1) is 15.5. The summed E-state index contributed by atoms with van der Waals surface area (Å²) in [5.41, 5.74) is 3.15. The third kappa shape index (κ3) is 3.88. The molecule has 0 fully saturated rings. The zero-order valence-corrected chi connectivity index (χ0v) is 14.0. The molecule has 0 amide bonds. The van der Waals surface area contributed by atoms with E-state index in [1.165, 1.54) is 6.08 Å². The second kappa shape index (κ2) is 7.26. The van der Waals surface area contributed by atoms with E-state index in [0.717, 1.165) is 22.5 Å². The van der Waals surface area contributed by atoms with Gasteiger partial charge in [-0.25, -0.2) is 4.79 Å². The molecule has 1 aliphatic heterocycles. The maximum Gasteiger partial charge on any atom is 0.336 e. The lowest BCUT2D eigenvalue weighted by Crippen LogP contribution is -1.95. The molecule has 0 spiro atoms. The Bertz CT molecular complexity index is 772. The first-order valence-corrected chi connectivity index (χ1v) is 8.82. The molecule has 4 heterocycles. The zero-order valence-electron chi connectivity index (χ0n) is 12.4. The normalized spacial score (nSPS) is 12.7. The Morgan fingerprint density at radius 2 is 1.70 bits per heavy atom.